The number of rotatable bonds is 3. The number of nitrogens with zero attached hydrogens (tertiary/aromatic N) is 2. The summed E-state index contributed by atoms with van der Waals surface area (Å²) in [5.41, 5.74) is 2.77. The Morgan fingerprint density at radius 3 is 2.83 bits per heavy atom. The number of nitrogens with one attached hydrogen (secondary N) is 1. The van der Waals surface area contributed by atoms with Gasteiger partial charge in [-0.25, -0.2) is 9.37 Å². The van der Waals surface area contributed by atoms with Gasteiger partial charge in [-0.15, -0.1) is 11.3 Å². The Labute approximate surface area is 137 Å². The Morgan fingerprint density at radius 2 is 2.09 bits per heavy atom. The van der Waals surface area contributed by atoms with Crippen LogP contribution in [0.2, 0.25) is 0 Å². The molecule has 0 aliphatic heterocycles. The van der Waals surface area contributed by atoms with Crippen LogP contribution in [0.1, 0.15) is 20.9 Å². The van der Waals surface area contributed by atoms with Gasteiger partial charge >= 0.3 is 0 Å². The Balaban J connectivity index is 1.88. The number of hydrogen-bond donors (Lipinski definition) is 1. The molecule has 2 aromatic heterocycles. The molecule has 23 heavy (non-hydrogen) atoms. The van der Waals surface area contributed by atoms with Crippen molar-refractivity contribution in [3.8, 4) is 10.6 Å². The van der Waals surface area contributed by atoms with Crippen molar-refractivity contribution in [1.82, 2.24) is 9.97 Å². The highest BCUT2D eigenvalue weighted by atomic mass is 32.1. The molecule has 2 heterocycles. The van der Waals surface area contributed by atoms with Crippen LogP contribution in [0.3, 0.4) is 0 Å². The second-order valence-electron chi connectivity index (χ2n) is 5.09. The van der Waals surface area contributed by atoms with Crippen LogP contribution in [0, 0.1) is 19.7 Å². The van der Waals surface area contributed by atoms with Gasteiger partial charge in [0.05, 0.1) is 5.69 Å². The summed E-state index contributed by atoms with van der Waals surface area (Å²) in [7, 11) is 0. The molecule has 0 saturated carbocycles. The summed E-state index contributed by atoms with van der Waals surface area (Å²) in [4.78, 5) is 21.5. The monoisotopic (exact) mass is 327 g/mol. The minimum absolute atomic E-state index is 0.288. The van der Waals surface area contributed by atoms with Gasteiger partial charge in [0.1, 0.15) is 15.7 Å². The first-order chi connectivity index (χ1) is 11.0. The number of hydrogen-bond acceptors (Lipinski definition) is 4. The van der Waals surface area contributed by atoms with Crippen LogP contribution in [0.15, 0.2) is 42.7 Å². The lowest BCUT2D eigenvalue weighted by Gasteiger charge is -2.07. The predicted octanol–water partition coefficient (Wildman–Crippen LogP) is 4.21. The van der Waals surface area contributed by atoms with E-state index in [1.807, 2.05) is 19.1 Å². The van der Waals surface area contributed by atoms with E-state index in [9.17, 15) is 9.18 Å². The average molecular weight is 327 g/mol. The van der Waals surface area contributed by atoms with Crippen molar-refractivity contribution in [2.45, 2.75) is 13.8 Å². The lowest BCUT2D eigenvalue weighted by molar-refractivity contribution is 0.102. The highest BCUT2D eigenvalue weighted by molar-refractivity contribution is 7.17. The van der Waals surface area contributed by atoms with Crippen molar-refractivity contribution >= 4 is 22.9 Å². The smallest absolute Gasteiger partial charge is 0.267 e. The number of aryl methyl sites for hydroxylation is 2. The first kappa shape index (κ1) is 15.3. The van der Waals surface area contributed by atoms with Crippen molar-refractivity contribution in [3.05, 3.63) is 64.7 Å². The van der Waals surface area contributed by atoms with Crippen LogP contribution in [0.5, 0.6) is 0 Å². The maximum atomic E-state index is 13.3. The van der Waals surface area contributed by atoms with E-state index < -0.39 is 0 Å². The van der Waals surface area contributed by atoms with Crippen molar-refractivity contribution in [1.29, 1.82) is 0 Å². The zero-order valence-electron chi connectivity index (χ0n) is 12.6. The fourth-order valence-electron chi connectivity index (χ4n) is 2.13. The summed E-state index contributed by atoms with van der Waals surface area (Å²) in [5.74, 6) is -0.674. The maximum absolute atomic E-state index is 13.3. The van der Waals surface area contributed by atoms with Gasteiger partial charge in [-0.3, -0.25) is 9.78 Å². The summed E-state index contributed by atoms with van der Waals surface area (Å²) in [6.45, 7) is 3.60. The van der Waals surface area contributed by atoms with E-state index in [-0.39, 0.29) is 11.7 Å². The number of benzene rings is 1. The third-order valence-electron chi connectivity index (χ3n) is 3.36. The fourth-order valence-corrected chi connectivity index (χ4v) is 3.08. The van der Waals surface area contributed by atoms with Crippen LogP contribution >= 0.6 is 11.3 Å². The van der Waals surface area contributed by atoms with Gasteiger partial charge in [-0.2, -0.15) is 0 Å². The molecule has 1 amide bonds. The number of carbonyl (C=O) groups is 1. The van der Waals surface area contributed by atoms with E-state index in [0.29, 0.717) is 16.3 Å². The first-order valence-electron chi connectivity index (χ1n) is 7.00. The van der Waals surface area contributed by atoms with Crippen molar-refractivity contribution < 1.29 is 9.18 Å². The maximum Gasteiger partial charge on any atom is 0.267 e. The number of aromatic nitrogens is 2. The quantitative estimate of drug-likeness (QED) is 0.784. The standard InChI is InChI=1S/C17H14FN3OS/c1-10-5-6-13(18)8-14(10)21-16(22)15-11(2)20-17(23-15)12-4-3-7-19-9-12/h3-9H,1-2H3,(H,21,22). The summed E-state index contributed by atoms with van der Waals surface area (Å²) in [5, 5.41) is 3.48. The van der Waals surface area contributed by atoms with Crippen LogP contribution in [-0.4, -0.2) is 15.9 Å². The predicted molar refractivity (Wildman–Crippen MR) is 89.2 cm³/mol. The molecule has 0 unspecified atom stereocenters. The van der Waals surface area contributed by atoms with E-state index in [1.165, 1.54) is 23.5 Å². The van der Waals surface area contributed by atoms with Gasteiger partial charge in [0.2, 0.25) is 0 Å². The topological polar surface area (TPSA) is 54.9 Å². The van der Waals surface area contributed by atoms with Crippen molar-refractivity contribution in [3.63, 3.8) is 0 Å². The minimum atomic E-state index is -0.386. The second-order valence-corrected chi connectivity index (χ2v) is 6.09. The molecule has 0 spiro atoms. The molecular weight excluding hydrogens is 313 g/mol. The molecule has 116 valence electrons. The lowest BCUT2D eigenvalue weighted by Crippen LogP contribution is -2.12. The number of pyridine rings is 1. The Bertz CT molecular complexity index is 862. The van der Waals surface area contributed by atoms with Gasteiger partial charge in [0, 0.05) is 23.6 Å². The normalized spacial score (nSPS) is 10.6. The third-order valence-corrected chi connectivity index (χ3v) is 4.56. The number of carbonyl (C=O) groups excluding carboxylic acids is 1. The Hall–Kier alpha value is -2.60. The molecule has 1 aromatic carbocycles. The number of amides is 1. The molecule has 0 aliphatic rings. The molecule has 0 atom stereocenters. The Kier molecular flexibility index (Phi) is 4.16. The Morgan fingerprint density at radius 1 is 1.26 bits per heavy atom. The molecule has 0 aliphatic carbocycles. The van der Waals surface area contributed by atoms with Crippen LogP contribution in [-0.2, 0) is 0 Å². The fraction of sp³-hybridized carbons (Fsp3) is 0.118. The summed E-state index contributed by atoms with van der Waals surface area (Å²) in [6.07, 6.45) is 3.39. The highest BCUT2D eigenvalue weighted by Crippen LogP contribution is 2.28. The third kappa shape index (κ3) is 3.27. The number of thiazole rings is 1. The van der Waals surface area contributed by atoms with Gasteiger partial charge in [-0.1, -0.05) is 6.07 Å². The van der Waals surface area contributed by atoms with Gasteiger partial charge in [0.15, 0.2) is 0 Å². The second kappa shape index (κ2) is 6.26. The molecule has 0 radical (unpaired) electrons. The number of halogens is 1. The lowest BCUT2D eigenvalue weighted by atomic mass is 10.2. The largest absolute Gasteiger partial charge is 0.321 e. The van der Waals surface area contributed by atoms with E-state index >= 15 is 0 Å². The molecule has 0 bridgehead atoms. The molecule has 3 aromatic rings. The van der Waals surface area contributed by atoms with Crippen molar-refractivity contribution in [2.75, 3.05) is 5.32 Å². The minimum Gasteiger partial charge on any atom is -0.321 e. The molecular formula is C17H14FN3OS. The van der Waals surface area contributed by atoms with Crippen LogP contribution in [0.25, 0.3) is 10.6 Å². The highest BCUT2D eigenvalue weighted by Gasteiger charge is 2.17. The van der Waals surface area contributed by atoms with Crippen LogP contribution in [0.4, 0.5) is 10.1 Å². The zero-order valence-corrected chi connectivity index (χ0v) is 13.4. The van der Waals surface area contributed by atoms with E-state index in [4.69, 9.17) is 0 Å². The molecule has 6 heteroatoms. The van der Waals surface area contributed by atoms with Gasteiger partial charge in [0.25, 0.3) is 5.91 Å². The van der Waals surface area contributed by atoms with E-state index in [2.05, 4.69) is 15.3 Å². The average Bonchev–Trinajstić information content (AvgIpc) is 2.94. The van der Waals surface area contributed by atoms with E-state index in [0.717, 1.165) is 16.1 Å². The molecule has 4 nitrogen and oxygen atoms in total. The van der Waals surface area contributed by atoms with Crippen molar-refractivity contribution in [2.24, 2.45) is 0 Å². The van der Waals surface area contributed by atoms with Crippen LogP contribution < -0.4 is 5.32 Å². The zero-order chi connectivity index (χ0) is 16.4. The summed E-state index contributed by atoms with van der Waals surface area (Å²) >= 11 is 1.29. The first-order valence-corrected chi connectivity index (χ1v) is 7.81. The van der Waals surface area contributed by atoms with Gasteiger partial charge < -0.3 is 5.32 Å². The molecule has 3 rings (SSSR count). The van der Waals surface area contributed by atoms with E-state index in [1.54, 1.807) is 25.4 Å². The molecule has 0 fully saturated rings. The van der Waals surface area contributed by atoms with Gasteiger partial charge in [-0.05, 0) is 43.7 Å². The molecule has 1 N–H and O–H groups in total. The summed E-state index contributed by atoms with van der Waals surface area (Å²) in [6, 6.07) is 8.02. The SMILES string of the molecule is Cc1ccc(F)cc1NC(=O)c1sc(-c2cccnc2)nc1C. The summed E-state index contributed by atoms with van der Waals surface area (Å²) < 4.78 is 13.3. The number of anilines is 1. The molecule has 0 saturated heterocycles.